The molecule has 6 N–H and O–H groups in total. The van der Waals surface area contributed by atoms with Crippen molar-refractivity contribution in [3.05, 3.63) is 66.1 Å². The highest BCUT2D eigenvalue weighted by molar-refractivity contribution is 7.88. The SMILES string of the molecule is COC(=O)Nc1ccc(-c2cnc(C3CC(C4CCN(S(C)(=O)=O)CC4)CN3C(=O)c3ccc(NC(=N)N)cc3)[nH]2)cc1. The number of nitrogens with one attached hydrogen (secondary N) is 4. The van der Waals surface area contributed by atoms with Gasteiger partial charge in [0.15, 0.2) is 5.96 Å². The minimum atomic E-state index is -3.23. The predicted molar refractivity (Wildman–Crippen MR) is 163 cm³/mol. The number of benzene rings is 2. The summed E-state index contributed by atoms with van der Waals surface area (Å²) in [6.07, 6.45) is 4.62. The Morgan fingerprint density at radius 1 is 1.02 bits per heavy atom. The van der Waals surface area contributed by atoms with Crippen molar-refractivity contribution in [1.29, 1.82) is 5.41 Å². The molecule has 2 atom stereocenters. The second kappa shape index (κ2) is 12.4. The molecule has 3 aromatic rings. The van der Waals surface area contributed by atoms with Gasteiger partial charge in [-0.05, 0) is 73.1 Å². The number of sulfonamides is 1. The average Bonchev–Trinajstić information content (AvgIpc) is 3.65. The maximum atomic E-state index is 13.9. The summed E-state index contributed by atoms with van der Waals surface area (Å²) in [5, 5.41) is 12.8. The zero-order chi connectivity index (χ0) is 30.7. The molecule has 2 amide bonds. The molecule has 13 nitrogen and oxygen atoms in total. The Kier molecular flexibility index (Phi) is 8.69. The average molecular weight is 609 g/mol. The number of piperidine rings is 1. The number of hydrogen-bond acceptors (Lipinski definition) is 7. The molecule has 2 aliphatic heterocycles. The number of nitrogens with zero attached hydrogens (tertiary/aromatic N) is 3. The van der Waals surface area contributed by atoms with E-state index in [-0.39, 0.29) is 29.7 Å². The van der Waals surface area contributed by atoms with Gasteiger partial charge in [0, 0.05) is 36.6 Å². The van der Waals surface area contributed by atoms with Gasteiger partial charge in [0.2, 0.25) is 10.0 Å². The fourth-order valence-corrected chi connectivity index (χ4v) is 6.82. The molecule has 14 heteroatoms. The van der Waals surface area contributed by atoms with Gasteiger partial charge in [-0.3, -0.25) is 15.5 Å². The van der Waals surface area contributed by atoms with Crippen molar-refractivity contribution in [2.45, 2.75) is 25.3 Å². The number of nitrogens with two attached hydrogens (primary N) is 1. The smallest absolute Gasteiger partial charge is 0.411 e. The van der Waals surface area contributed by atoms with E-state index in [9.17, 15) is 18.0 Å². The van der Waals surface area contributed by atoms with Crippen LogP contribution in [0.3, 0.4) is 0 Å². The Morgan fingerprint density at radius 3 is 2.26 bits per heavy atom. The van der Waals surface area contributed by atoms with Crippen molar-refractivity contribution in [3.63, 3.8) is 0 Å². The molecule has 228 valence electrons. The van der Waals surface area contributed by atoms with E-state index in [1.807, 2.05) is 17.0 Å². The Balaban J connectivity index is 1.37. The number of aromatic amines is 1. The van der Waals surface area contributed by atoms with E-state index in [2.05, 4.69) is 25.3 Å². The summed E-state index contributed by atoms with van der Waals surface area (Å²) in [4.78, 5) is 35.3. The summed E-state index contributed by atoms with van der Waals surface area (Å²) in [6.45, 7) is 1.49. The number of anilines is 2. The first kappa shape index (κ1) is 30.0. The second-order valence-electron chi connectivity index (χ2n) is 11.0. The molecular weight excluding hydrogens is 572 g/mol. The van der Waals surface area contributed by atoms with Crippen LogP contribution in [-0.2, 0) is 14.8 Å². The van der Waals surface area contributed by atoms with E-state index < -0.39 is 16.1 Å². The number of imidazole rings is 1. The maximum absolute atomic E-state index is 13.9. The second-order valence-corrected chi connectivity index (χ2v) is 12.9. The summed E-state index contributed by atoms with van der Waals surface area (Å²) < 4.78 is 30.3. The highest BCUT2D eigenvalue weighted by Crippen LogP contribution is 2.42. The minimum Gasteiger partial charge on any atom is -0.453 e. The lowest BCUT2D eigenvalue weighted by Crippen LogP contribution is -2.40. The molecule has 2 saturated heterocycles. The summed E-state index contributed by atoms with van der Waals surface area (Å²) in [5.41, 5.74) is 8.78. The third-order valence-corrected chi connectivity index (χ3v) is 9.48. The number of rotatable bonds is 7. The molecule has 0 bridgehead atoms. The summed E-state index contributed by atoms with van der Waals surface area (Å²) in [7, 11) is -1.93. The van der Waals surface area contributed by atoms with Crippen molar-refractivity contribution < 1.29 is 22.7 Å². The number of ether oxygens (including phenoxy) is 1. The van der Waals surface area contributed by atoms with E-state index in [0.717, 1.165) is 24.1 Å². The largest absolute Gasteiger partial charge is 0.453 e. The van der Waals surface area contributed by atoms with Crippen LogP contribution in [0.15, 0.2) is 54.7 Å². The molecule has 0 saturated carbocycles. The lowest BCUT2D eigenvalue weighted by molar-refractivity contribution is 0.0720. The standard InChI is InChI=1S/C29H36N8O5S/c1-42-29(39)34-23-7-3-19(4-8-23)24-16-32-26(35-24)25-15-21(18-11-13-36(14-12-18)43(2,40)41)17-37(25)27(38)20-5-9-22(10-6-20)33-28(30)31/h3-10,16,18,21,25H,11-15,17H2,1-2H3,(H,32,35)(H,34,39)(H4,30,31,33). The van der Waals surface area contributed by atoms with Crippen molar-refractivity contribution >= 4 is 39.4 Å². The van der Waals surface area contributed by atoms with E-state index in [0.29, 0.717) is 48.8 Å². The van der Waals surface area contributed by atoms with Gasteiger partial charge in [0.25, 0.3) is 5.91 Å². The quantitative estimate of drug-likeness (QED) is 0.199. The Morgan fingerprint density at radius 2 is 1.65 bits per heavy atom. The number of carbonyl (C=O) groups excluding carboxylic acids is 2. The molecule has 2 fully saturated rings. The molecule has 2 aromatic carbocycles. The Hall–Kier alpha value is -4.43. The van der Waals surface area contributed by atoms with Crippen molar-refractivity contribution in [1.82, 2.24) is 19.2 Å². The van der Waals surface area contributed by atoms with Gasteiger partial charge in [-0.25, -0.2) is 22.5 Å². The summed E-state index contributed by atoms with van der Waals surface area (Å²) in [6, 6.07) is 13.8. The van der Waals surface area contributed by atoms with E-state index in [1.165, 1.54) is 17.7 Å². The van der Waals surface area contributed by atoms with E-state index in [4.69, 9.17) is 11.1 Å². The van der Waals surface area contributed by atoms with Gasteiger partial charge in [-0.1, -0.05) is 12.1 Å². The van der Waals surface area contributed by atoms with E-state index in [1.54, 1.807) is 42.6 Å². The number of carbonyl (C=O) groups is 2. The fourth-order valence-electron chi connectivity index (χ4n) is 5.94. The molecule has 0 radical (unpaired) electrons. The zero-order valence-corrected chi connectivity index (χ0v) is 24.9. The van der Waals surface area contributed by atoms with Gasteiger partial charge < -0.3 is 25.7 Å². The van der Waals surface area contributed by atoms with Crippen LogP contribution in [0.2, 0.25) is 0 Å². The van der Waals surface area contributed by atoms with Gasteiger partial charge >= 0.3 is 6.09 Å². The van der Waals surface area contributed by atoms with Crippen LogP contribution in [0.5, 0.6) is 0 Å². The van der Waals surface area contributed by atoms with Crippen molar-refractivity contribution in [2.75, 3.05) is 43.6 Å². The van der Waals surface area contributed by atoms with Gasteiger partial charge in [0.05, 0.1) is 31.3 Å². The van der Waals surface area contributed by atoms with Gasteiger partial charge in [0.1, 0.15) is 5.82 Å². The maximum Gasteiger partial charge on any atom is 0.411 e. The number of amides is 2. The summed E-state index contributed by atoms with van der Waals surface area (Å²) >= 11 is 0. The molecule has 43 heavy (non-hydrogen) atoms. The number of methoxy groups -OCH3 is 1. The van der Waals surface area contributed by atoms with Crippen LogP contribution in [0.1, 0.15) is 41.5 Å². The highest BCUT2D eigenvalue weighted by atomic mass is 32.2. The van der Waals surface area contributed by atoms with Crippen LogP contribution in [0, 0.1) is 17.2 Å². The van der Waals surface area contributed by atoms with Crippen LogP contribution < -0.4 is 16.4 Å². The molecule has 0 aliphatic carbocycles. The Bertz CT molecular complexity index is 1580. The van der Waals surface area contributed by atoms with E-state index >= 15 is 0 Å². The molecular formula is C29H36N8O5S. The normalized spacial score (nSPS) is 19.6. The minimum absolute atomic E-state index is 0.133. The number of aromatic nitrogens is 2. The Labute approximate surface area is 250 Å². The summed E-state index contributed by atoms with van der Waals surface area (Å²) in [5.74, 6) is 0.820. The van der Waals surface area contributed by atoms with Crippen molar-refractivity contribution in [3.8, 4) is 11.3 Å². The number of likely N-dealkylation sites (tertiary alicyclic amines) is 1. The fraction of sp³-hybridized carbons (Fsp3) is 0.379. The number of guanidine groups is 1. The van der Waals surface area contributed by atoms with Crippen LogP contribution in [-0.4, -0.2) is 78.6 Å². The van der Waals surface area contributed by atoms with Gasteiger partial charge in [-0.15, -0.1) is 0 Å². The first-order valence-electron chi connectivity index (χ1n) is 14.0. The third kappa shape index (κ3) is 6.97. The topological polar surface area (TPSA) is 187 Å². The molecule has 0 spiro atoms. The number of H-pyrrole nitrogens is 1. The third-order valence-electron chi connectivity index (χ3n) is 8.18. The predicted octanol–water partition coefficient (Wildman–Crippen LogP) is 3.44. The lowest BCUT2D eigenvalue weighted by atomic mass is 9.83. The van der Waals surface area contributed by atoms with Crippen LogP contribution in [0.4, 0.5) is 16.2 Å². The molecule has 3 heterocycles. The van der Waals surface area contributed by atoms with Gasteiger partial charge in [-0.2, -0.15) is 0 Å². The lowest BCUT2D eigenvalue weighted by Gasteiger charge is -2.33. The molecule has 2 unspecified atom stereocenters. The van der Waals surface area contributed by atoms with Crippen LogP contribution >= 0.6 is 0 Å². The molecule has 5 rings (SSSR count). The molecule has 2 aliphatic rings. The highest BCUT2D eigenvalue weighted by Gasteiger charge is 2.42. The van der Waals surface area contributed by atoms with Crippen LogP contribution in [0.25, 0.3) is 11.3 Å². The monoisotopic (exact) mass is 608 g/mol. The number of hydrogen-bond donors (Lipinski definition) is 5. The first-order valence-corrected chi connectivity index (χ1v) is 15.8. The zero-order valence-electron chi connectivity index (χ0n) is 24.0. The van der Waals surface area contributed by atoms with Crippen molar-refractivity contribution in [2.24, 2.45) is 17.6 Å². The first-order chi connectivity index (χ1) is 20.5. The molecule has 1 aromatic heterocycles.